The van der Waals surface area contributed by atoms with Crippen molar-refractivity contribution in [3.8, 4) is 0 Å². The van der Waals surface area contributed by atoms with E-state index in [0.717, 1.165) is 19.4 Å². The Morgan fingerprint density at radius 3 is 2.95 bits per heavy atom. The summed E-state index contributed by atoms with van der Waals surface area (Å²) in [6, 6.07) is 1.51. The SMILES string of the molecule is CC(=O)N1CCC[C@@H](Nc2nccc(CCC(F)(F)F)n2)C1. The standard InChI is InChI=1S/C14H19F3N4O/c1-10(22)21-8-2-3-12(9-21)20-13-18-7-5-11(19-13)4-6-14(15,16)17/h5,7,12H,2-4,6,8-9H2,1H3,(H,18,19,20)/t12-/m1/s1. The number of aryl methyl sites for hydroxylation is 1. The van der Waals surface area contributed by atoms with Crippen LogP contribution in [-0.4, -0.2) is 46.1 Å². The van der Waals surface area contributed by atoms with E-state index in [2.05, 4.69) is 15.3 Å². The molecule has 0 spiro atoms. The van der Waals surface area contributed by atoms with E-state index in [4.69, 9.17) is 0 Å². The van der Waals surface area contributed by atoms with Gasteiger partial charge >= 0.3 is 6.18 Å². The minimum absolute atomic E-state index is 0.0198. The highest BCUT2D eigenvalue weighted by molar-refractivity contribution is 5.73. The number of anilines is 1. The van der Waals surface area contributed by atoms with E-state index in [1.807, 2.05) is 0 Å². The Morgan fingerprint density at radius 1 is 1.50 bits per heavy atom. The van der Waals surface area contributed by atoms with Gasteiger partial charge in [0.1, 0.15) is 0 Å². The fourth-order valence-corrected chi connectivity index (χ4v) is 2.44. The molecule has 0 radical (unpaired) electrons. The normalized spacial score (nSPS) is 19.1. The van der Waals surface area contributed by atoms with Gasteiger partial charge < -0.3 is 10.2 Å². The molecule has 1 aliphatic heterocycles. The Morgan fingerprint density at radius 2 is 2.27 bits per heavy atom. The molecule has 1 aromatic heterocycles. The Labute approximate surface area is 126 Å². The van der Waals surface area contributed by atoms with Gasteiger partial charge in [0, 0.05) is 44.4 Å². The molecule has 5 nitrogen and oxygen atoms in total. The first-order valence-electron chi connectivity index (χ1n) is 7.24. The van der Waals surface area contributed by atoms with Crippen molar-refractivity contribution in [1.29, 1.82) is 0 Å². The van der Waals surface area contributed by atoms with Crippen LogP contribution in [0.1, 0.15) is 31.9 Å². The molecule has 0 aliphatic carbocycles. The van der Waals surface area contributed by atoms with Crippen molar-refractivity contribution >= 4 is 11.9 Å². The second-order valence-electron chi connectivity index (χ2n) is 5.44. The van der Waals surface area contributed by atoms with Crippen molar-refractivity contribution in [1.82, 2.24) is 14.9 Å². The first-order chi connectivity index (χ1) is 10.3. The summed E-state index contributed by atoms with van der Waals surface area (Å²) in [5.74, 6) is 0.335. The summed E-state index contributed by atoms with van der Waals surface area (Å²) < 4.78 is 36.7. The van der Waals surface area contributed by atoms with E-state index in [-0.39, 0.29) is 18.4 Å². The van der Waals surface area contributed by atoms with Crippen LogP contribution in [0.3, 0.4) is 0 Å². The molecule has 1 amide bonds. The molecule has 0 bridgehead atoms. The van der Waals surface area contributed by atoms with E-state index in [1.54, 1.807) is 4.90 Å². The molecule has 0 unspecified atom stereocenters. The number of hydrogen-bond donors (Lipinski definition) is 1. The number of nitrogens with one attached hydrogen (secondary N) is 1. The molecule has 8 heteroatoms. The molecule has 122 valence electrons. The van der Waals surface area contributed by atoms with Crippen LogP contribution in [0, 0.1) is 0 Å². The lowest BCUT2D eigenvalue weighted by molar-refractivity contribution is -0.134. The second-order valence-corrected chi connectivity index (χ2v) is 5.44. The molecule has 0 aromatic carbocycles. The van der Waals surface area contributed by atoms with Crippen LogP contribution in [0.2, 0.25) is 0 Å². The van der Waals surface area contributed by atoms with Gasteiger partial charge in [-0.05, 0) is 25.3 Å². The lowest BCUT2D eigenvalue weighted by Crippen LogP contribution is -2.44. The van der Waals surface area contributed by atoms with E-state index in [9.17, 15) is 18.0 Å². The Hall–Kier alpha value is -1.86. The fourth-order valence-electron chi connectivity index (χ4n) is 2.44. The number of alkyl halides is 3. The average molecular weight is 316 g/mol. The van der Waals surface area contributed by atoms with Gasteiger partial charge in [-0.3, -0.25) is 4.79 Å². The number of amides is 1. The maximum atomic E-state index is 12.2. The summed E-state index contributed by atoms with van der Waals surface area (Å²) in [6.07, 6.45) is -2.04. The molecule has 2 heterocycles. The number of aromatic nitrogens is 2. The molecule has 1 fully saturated rings. The Kier molecular flexibility index (Phi) is 5.20. The summed E-state index contributed by atoms with van der Waals surface area (Å²) >= 11 is 0. The number of halogens is 3. The van der Waals surface area contributed by atoms with E-state index >= 15 is 0 Å². The summed E-state index contributed by atoms with van der Waals surface area (Å²) in [6.45, 7) is 2.82. The molecular weight excluding hydrogens is 297 g/mol. The van der Waals surface area contributed by atoms with Gasteiger partial charge in [-0.15, -0.1) is 0 Å². The number of carbonyl (C=O) groups excluding carboxylic acids is 1. The number of hydrogen-bond acceptors (Lipinski definition) is 4. The molecule has 22 heavy (non-hydrogen) atoms. The Bertz CT molecular complexity index is 521. The zero-order chi connectivity index (χ0) is 16.2. The van der Waals surface area contributed by atoms with Crippen LogP contribution >= 0.6 is 0 Å². The van der Waals surface area contributed by atoms with E-state index in [0.29, 0.717) is 18.2 Å². The molecule has 2 rings (SSSR count). The maximum absolute atomic E-state index is 12.2. The van der Waals surface area contributed by atoms with Crippen molar-refractivity contribution in [3.63, 3.8) is 0 Å². The second kappa shape index (κ2) is 6.93. The number of piperidine rings is 1. The first-order valence-corrected chi connectivity index (χ1v) is 7.24. The smallest absolute Gasteiger partial charge is 0.350 e. The predicted octanol–water partition coefficient (Wildman–Crippen LogP) is 2.39. The van der Waals surface area contributed by atoms with Gasteiger partial charge in [0.25, 0.3) is 0 Å². The van der Waals surface area contributed by atoms with Crippen molar-refractivity contribution < 1.29 is 18.0 Å². The third-order valence-corrected chi connectivity index (χ3v) is 3.58. The minimum atomic E-state index is -4.19. The largest absolute Gasteiger partial charge is 0.389 e. The van der Waals surface area contributed by atoms with E-state index in [1.165, 1.54) is 19.2 Å². The predicted molar refractivity (Wildman–Crippen MR) is 75.3 cm³/mol. The molecular formula is C14H19F3N4O. The lowest BCUT2D eigenvalue weighted by Gasteiger charge is -2.32. The lowest BCUT2D eigenvalue weighted by atomic mass is 10.1. The van der Waals surface area contributed by atoms with Crippen LogP contribution in [0.25, 0.3) is 0 Å². The van der Waals surface area contributed by atoms with Gasteiger partial charge in [-0.1, -0.05) is 0 Å². The van der Waals surface area contributed by atoms with Crippen molar-refractivity contribution in [2.75, 3.05) is 18.4 Å². The number of rotatable bonds is 4. The highest BCUT2D eigenvalue weighted by Crippen LogP contribution is 2.22. The zero-order valence-corrected chi connectivity index (χ0v) is 12.4. The van der Waals surface area contributed by atoms with Crippen LogP contribution in [0.15, 0.2) is 12.3 Å². The fraction of sp³-hybridized carbons (Fsp3) is 0.643. The van der Waals surface area contributed by atoms with Gasteiger partial charge in [-0.25, -0.2) is 9.97 Å². The van der Waals surface area contributed by atoms with Gasteiger partial charge in [0.2, 0.25) is 11.9 Å². The number of nitrogens with zero attached hydrogens (tertiary/aromatic N) is 3. The zero-order valence-electron chi connectivity index (χ0n) is 12.4. The summed E-state index contributed by atoms with van der Waals surface area (Å²) in [5.41, 5.74) is 0.356. The van der Waals surface area contributed by atoms with Crippen LogP contribution in [0.5, 0.6) is 0 Å². The highest BCUT2D eigenvalue weighted by atomic mass is 19.4. The Balaban J connectivity index is 1.93. The highest BCUT2D eigenvalue weighted by Gasteiger charge is 2.27. The van der Waals surface area contributed by atoms with Crippen LogP contribution < -0.4 is 5.32 Å². The quantitative estimate of drug-likeness (QED) is 0.927. The number of carbonyl (C=O) groups is 1. The van der Waals surface area contributed by atoms with Gasteiger partial charge in [0.05, 0.1) is 0 Å². The molecule has 1 saturated heterocycles. The third kappa shape index (κ3) is 5.16. The monoisotopic (exact) mass is 316 g/mol. The topological polar surface area (TPSA) is 58.1 Å². The average Bonchev–Trinajstić information content (AvgIpc) is 2.45. The van der Waals surface area contributed by atoms with Gasteiger partial charge in [-0.2, -0.15) is 13.2 Å². The van der Waals surface area contributed by atoms with Crippen molar-refractivity contribution in [2.45, 2.75) is 44.8 Å². The minimum Gasteiger partial charge on any atom is -0.350 e. The van der Waals surface area contributed by atoms with E-state index < -0.39 is 12.6 Å². The van der Waals surface area contributed by atoms with Crippen molar-refractivity contribution in [3.05, 3.63) is 18.0 Å². The molecule has 1 aliphatic rings. The van der Waals surface area contributed by atoms with Crippen LogP contribution in [0.4, 0.5) is 19.1 Å². The summed E-state index contributed by atoms with van der Waals surface area (Å²) in [5, 5.41) is 3.11. The summed E-state index contributed by atoms with van der Waals surface area (Å²) in [7, 11) is 0. The van der Waals surface area contributed by atoms with Crippen molar-refractivity contribution in [2.24, 2.45) is 0 Å². The maximum Gasteiger partial charge on any atom is 0.389 e. The first kappa shape index (κ1) is 16.5. The number of likely N-dealkylation sites (tertiary alicyclic amines) is 1. The molecule has 0 saturated carbocycles. The van der Waals surface area contributed by atoms with Gasteiger partial charge in [0.15, 0.2) is 0 Å². The van der Waals surface area contributed by atoms with Crippen LogP contribution in [-0.2, 0) is 11.2 Å². The summed E-state index contributed by atoms with van der Waals surface area (Å²) in [4.78, 5) is 21.3. The molecule has 1 N–H and O–H groups in total. The molecule has 1 aromatic rings. The third-order valence-electron chi connectivity index (χ3n) is 3.58. The molecule has 1 atom stereocenters.